The maximum Gasteiger partial charge on any atom is 0.0509 e. The second kappa shape index (κ2) is 6.85. The van der Waals surface area contributed by atoms with Crippen LogP contribution in [0.25, 0.3) is 0 Å². The molecule has 0 aromatic heterocycles. The lowest BCUT2D eigenvalue weighted by Crippen LogP contribution is -2.61. The molecule has 3 atom stereocenters. The fourth-order valence-electron chi connectivity index (χ4n) is 3.33. The van der Waals surface area contributed by atoms with E-state index in [9.17, 15) is 0 Å². The molecule has 4 nitrogen and oxygen atoms in total. The third kappa shape index (κ3) is 3.44. The first-order chi connectivity index (χ1) is 8.72. The Kier molecular flexibility index (Phi) is 5.42. The lowest BCUT2D eigenvalue weighted by molar-refractivity contribution is 0.00515. The molecule has 2 heterocycles. The first-order valence-corrected chi connectivity index (χ1v) is 7.42. The van der Waals surface area contributed by atoms with Gasteiger partial charge in [0.05, 0.1) is 6.61 Å². The lowest BCUT2D eigenvalue weighted by atomic mass is 9.87. The van der Waals surface area contributed by atoms with Crippen LogP contribution in [0.4, 0.5) is 0 Å². The summed E-state index contributed by atoms with van der Waals surface area (Å²) in [5.41, 5.74) is 0. The van der Waals surface area contributed by atoms with Crippen molar-refractivity contribution >= 4 is 0 Å². The smallest absolute Gasteiger partial charge is 0.0509 e. The Balaban J connectivity index is 2.02. The van der Waals surface area contributed by atoms with Crippen LogP contribution in [0.1, 0.15) is 19.8 Å². The van der Waals surface area contributed by atoms with Gasteiger partial charge in [0, 0.05) is 38.3 Å². The van der Waals surface area contributed by atoms with Crippen LogP contribution >= 0.6 is 0 Å². The maximum atomic E-state index is 5.69. The van der Waals surface area contributed by atoms with Gasteiger partial charge in [-0.1, -0.05) is 6.92 Å². The predicted molar refractivity (Wildman–Crippen MR) is 74.9 cm³/mol. The Labute approximate surface area is 112 Å². The minimum atomic E-state index is 0.572. The lowest BCUT2D eigenvalue weighted by Gasteiger charge is -2.45. The Morgan fingerprint density at radius 3 is 2.83 bits per heavy atom. The van der Waals surface area contributed by atoms with E-state index < -0.39 is 0 Å². The normalized spacial score (nSPS) is 33.5. The number of nitrogens with one attached hydrogen (secondary N) is 1. The van der Waals surface area contributed by atoms with E-state index in [0.29, 0.717) is 18.0 Å². The minimum absolute atomic E-state index is 0.572. The molecule has 0 aromatic carbocycles. The third-order valence-electron chi connectivity index (χ3n) is 4.46. The number of ether oxygens (including phenoxy) is 1. The second-order valence-corrected chi connectivity index (χ2v) is 5.87. The predicted octanol–water partition coefficient (Wildman–Crippen LogP) is 0.637. The molecule has 0 spiro atoms. The molecule has 2 saturated heterocycles. The van der Waals surface area contributed by atoms with Gasteiger partial charge >= 0.3 is 0 Å². The molecule has 0 aliphatic carbocycles. The molecule has 3 unspecified atom stereocenters. The third-order valence-corrected chi connectivity index (χ3v) is 4.46. The van der Waals surface area contributed by atoms with Gasteiger partial charge in [-0.25, -0.2) is 0 Å². The highest BCUT2D eigenvalue weighted by atomic mass is 16.5. The summed E-state index contributed by atoms with van der Waals surface area (Å²) in [6.45, 7) is 8.69. The zero-order chi connectivity index (χ0) is 13.0. The van der Waals surface area contributed by atoms with Crippen molar-refractivity contribution in [2.45, 2.75) is 31.8 Å². The van der Waals surface area contributed by atoms with Crippen LogP contribution in [0, 0.1) is 5.92 Å². The van der Waals surface area contributed by atoms with Crippen molar-refractivity contribution in [2.24, 2.45) is 5.92 Å². The number of hydrogen-bond acceptors (Lipinski definition) is 4. The summed E-state index contributed by atoms with van der Waals surface area (Å²) < 4.78 is 5.69. The minimum Gasteiger partial charge on any atom is -0.381 e. The van der Waals surface area contributed by atoms with E-state index in [-0.39, 0.29) is 0 Å². The summed E-state index contributed by atoms with van der Waals surface area (Å²) in [6, 6.07) is 1.19. The van der Waals surface area contributed by atoms with Crippen molar-refractivity contribution in [3.63, 3.8) is 0 Å². The SMILES string of the molecule is CCNC(C1CCCOC1)C1CN(C)CCN1C. The van der Waals surface area contributed by atoms with Crippen molar-refractivity contribution in [2.75, 3.05) is 53.5 Å². The molecule has 4 heteroatoms. The zero-order valence-corrected chi connectivity index (χ0v) is 12.2. The van der Waals surface area contributed by atoms with Crippen LogP contribution in [0.3, 0.4) is 0 Å². The number of nitrogens with zero attached hydrogens (tertiary/aromatic N) is 2. The van der Waals surface area contributed by atoms with E-state index >= 15 is 0 Å². The molecule has 0 saturated carbocycles. The van der Waals surface area contributed by atoms with Crippen molar-refractivity contribution in [1.82, 2.24) is 15.1 Å². The van der Waals surface area contributed by atoms with Gasteiger partial charge in [-0.3, -0.25) is 4.90 Å². The molecule has 0 aromatic rings. The molecule has 18 heavy (non-hydrogen) atoms. The monoisotopic (exact) mass is 255 g/mol. The van der Waals surface area contributed by atoms with Crippen LogP contribution < -0.4 is 5.32 Å². The van der Waals surface area contributed by atoms with Gasteiger partial charge in [0.25, 0.3) is 0 Å². The van der Waals surface area contributed by atoms with Crippen LogP contribution in [0.15, 0.2) is 0 Å². The molecular weight excluding hydrogens is 226 g/mol. The number of rotatable bonds is 4. The molecular formula is C14H29N3O. The quantitative estimate of drug-likeness (QED) is 0.798. The molecule has 2 aliphatic rings. The average molecular weight is 255 g/mol. The summed E-state index contributed by atoms with van der Waals surface area (Å²) >= 11 is 0. The van der Waals surface area contributed by atoms with E-state index in [1.807, 2.05) is 0 Å². The van der Waals surface area contributed by atoms with Crippen LogP contribution in [0.5, 0.6) is 0 Å². The highest BCUT2D eigenvalue weighted by Gasteiger charge is 2.35. The first-order valence-electron chi connectivity index (χ1n) is 7.42. The second-order valence-electron chi connectivity index (χ2n) is 5.87. The van der Waals surface area contributed by atoms with Crippen LogP contribution in [0.2, 0.25) is 0 Å². The topological polar surface area (TPSA) is 27.7 Å². The number of piperazine rings is 1. The Morgan fingerprint density at radius 1 is 1.33 bits per heavy atom. The van der Waals surface area contributed by atoms with Crippen molar-refractivity contribution in [1.29, 1.82) is 0 Å². The largest absolute Gasteiger partial charge is 0.381 e. The summed E-state index contributed by atoms with van der Waals surface area (Å²) in [6.07, 6.45) is 2.53. The average Bonchev–Trinajstić information content (AvgIpc) is 2.40. The first kappa shape index (κ1) is 14.3. The molecule has 2 rings (SSSR count). The summed E-state index contributed by atoms with van der Waals surface area (Å²) in [5, 5.41) is 3.72. The standard InChI is InChI=1S/C14H29N3O/c1-4-15-14(12-6-5-9-18-11-12)13-10-16(2)7-8-17(13)3/h12-15H,4-11H2,1-3H3. The number of hydrogen-bond donors (Lipinski definition) is 1. The van der Waals surface area contributed by atoms with Crippen LogP contribution in [-0.2, 0) is 4.74 Å². The molecule has 2 fully saturated rings. The molecule has 0 bridgehead atoms. The zero-order valence-electron chi connectivity index (χ0n) is 12.2. The van der Waals surface area contributed by atoms with E-state index in [4.69, 9.17) is 4.74 Å². The van der Waals surface area contributed by atoms with Gasteiger partial charge in [0.1, 0.15) is 0 Å². The molecule has 1 N–H and O–H groups in total. The Morgan fingerprint density at radius 2 is 2.17 bits per heavy atom. The van der Waals surface area contributed by atoms with Crippen LogP contribution in [-0.4, -0.2) is 75.4 Å². The highest BCUT2D eigenvalue weighted by Crippen LogP contribution is 2.23. The Bertz CT molecular complexity index is 243. The van der Waals surface area contributed by atoms with E-state index in [1.54, 1.807) is 0 Å². The van der Waals surface area contributed by atoms with Crippen molar-refractivity contribution < 1.29 is 4.74 Å². The Hall–Kier alpha value is -0.160. The number of likely N-dealkylation sites (N-methyl/N-ethyl adjacent to an activating group) is 3. The summed E-state index contributed by atoms with van der Waals surface area (Å²) in [7, 11) is 4.51. The molecule has 0 radical (unpaired) electrons. The summed E-state index contributed by atoms with van der Waals surface area (Å²) in [4.78, 5) is 4.99. The van der Waals surface area contributed by atoms with Gasteiger partial charge in [-0.05, 0) is 39.4 Å². The van der Waals surface area contributed by atoms with Gasteiger partial charge in [-0.15, -0.1) is 0 Å². The van der Waals surface area contributed by atoms with Gasteiger partial charge in [-0.2, -0.15) is 0 Å². The van der Waals surface area contributed by atoms with Crippen molar-refractivity contribution in [3.8, 4) is 0 Å². The molecule has 2 aliphatic heterocycles. The summed E-state index contributed by atoms with van der Waals surface area (Å²) in [5.74, 6) is 0.678. The molecule has 0 amide bonds. The van der Waals surface area contributed by atoms with E-state index in [2.05, 4.69) is 36.1 Å². The molecule has 106 valence electrons. The highest BCUT2D eigenvalue weighted by molar-refractivity contribution is 4.93. The fraction of sp³-hybridized carbons (Fsp3) is 1.00. The maximum absolute atomic E-state index is 5.69. The van der Waals surface area contributed by atoms with Crippen molar-refractivity contribution in [3.05, 3.63) is 0 Å². The van der Waals surface area contributed by atoms with Gasteiger partial charge in [0.2, 0.25) is 0 Å². The van der Waals surface area contributed by atoms with Gasteiger partial charge in [0.15, 0.2) is 0 Å². The van der Waals surface area contributed by atoms with E-state index in [0.717, 1.165) is 19.8 Å². The fourth-order valence-corrected chi connectivity index (χ4v) is 3.33. The van der Waals surface area contributed by atoms with Gasteiger partial charge < -0.3 is 15.0 Å². The van der Waals surface area contributed by atoms with E-state index in [1.165, 1.54) is 32.5 Å².